The molecule has 2 nitrogen and oxygen atoms in total. The molecule has 0 aromatic heterocycles. The van der Waals surface area contributed by atoms with Crippen molar-refractivity contribution in [2.24, 2.45) is 5.73 Å². The maximum absolute atomic E-state index is 13.1. The third-order valence-corrected chi connectivity index (χ3v) is 2.51. The van der Waals surface area contributed by atoms with E-state index < -0.39 is 11.9 Å². The van der Waals surface area contributed by atoms with E-state index in [4.69, 9.17) is 17.3 Å². The normalized spacial score (nSPS) is 12.5. The van der Waals surface area contributed by atoms with Crippen molar-refractivity contribution in [2.45, 2.75) is 25.8 Å². The second-order valence-electron chi connectivity index (χ2n) is 3.38. The Bertz CT molecular complexity index is 368. The fourth-order valence-corrected chi connectivity index (χ4v) is 1.41. The molecule has 0 radical (unpaired) electrons. The average Bonchev–Trinajstić information content (AvgIpc) is 2.22. The smallest absolute Gasteiger partial charge is 0.149 e. The maximum Gasteiger partial charge on any atom is 0.149 e. The van der Waals surface area contributed by atoms with E-state index in [2.05, 4.69) is 0 Å². The van der Waals surface area contributed by atoms with Crippen molar-refractivity contribution in [1.82, 2.24) is 0 Å². The van der Waals surface area contributed by atoms with Crippen molar-refractivity contribution < 1.29 is 9.18 Å². The van der Waals surface area contributed by atoms with E-state index in [-0.39, 0.29) is 10.8 Å². The molecule has 0 unspecified atom stereocenters. The van der Waals surface area contributed by atoms with Gasteiger partial charge in [0, 0.05) is 6.42 Å². The molecule has 0 aliphatic carbocycles. The van der Waals surface area contributed by atoms with Gasteiger partial charge in [-0.15, -0.1) is 0 Å². The summed E-state index contributed by atoms with van der Waals surface area (Å²) >= 11 is 5.53. The first-order valence-corrected chi connectivity index (χ1v) is 5.14. The fraction of sp³-hybridized carbons (Fsp3) is 0.364. The van der Waals surface area contributed by atoms with Crippen LogP contribution >= 0.6 is 11.6 Å². The van der Waals surface area contributed by atoms with Crippen LogP contribution in [0, 0.1) is 5.82 Å². The molecule has 1 atom stereocenters. The third-order valence-electron chi connectivity index (χ3n) is 2.20. The first kappa shape index (κ1) is 12.1. The topological polar surface area (TPSA) is 43.1 Å². The van der Waals surface area contributed by atoms with E-state index >= 15 is 0 Å². The van der Waals surface area contributed by atoms with Crippen LogP contribution in [0.1, 0.15) is 18.9 Å². The van der Waals surface area contributed by atoms with Crippen LogP contribution in [0.5, 0.6) is 0 Å². The van der Waals surface area contributed by atoms with Crippen molar-refractivity contribution in [2.75, 3.05) is 0 Å². The van der Waals surface area contributed by atoms with Crippen LogP contribution in [0.15, 0.2) is 18.2 Å². The molecule has 0 bridgehead atoms. The lowest BCUT2D eigenvalue weighted by Gasteiger charge is -2.09. The number of hydrogen-bond acceptors (Lipinski definition) is 2. The van der Waals surface area contributed by atoms with Crippen molar-refractivity contribution in [3.05, 3.63) is 34.6 Å². The maximum atomic E-state index is 13.1. The van der Waals surface area contributed by atoms with Crippen molar-refractivity contribution in [3.8, 4) is 0 Å². The van der Waals surface area contributed by atoms with Crippen LogP contribution < -0.4 is 5.73 Å². The summed E-state index contributed by atoms with van der Waals surface area (Å²) in [4.78, 5) is 11.2. The van der Waals surface area contributed by atoms with Crippen LogP contribution in [-0.2, 0) is 11.2 Å². The number of carbonyl (C=O) groups excluding carboxylic acids is 1. The Morgan fingerprint density at radius 1 is 1.60 bits per heavy atom. The Balaban J connectivity index is 2.73. The lowest BCUT2D eigenvalue weighted by atomic mass is 10.0. The van der Waals surface area contributed by atoms with Crippen LogP contribution in [0.3, 0.4) is 0 Å². The van der Waals surface area contributed by atoms with Crippen molar-refractivity contribution in [1.29, 1.82) is 0 Å². The van der Waals surface area contributed by atoms with Gasteiger partial charge in [-0.1, -0.05) is 24.6 Å². The van der Waals surface area contributed by atoms with Gasteiger partial charge in [0.15, 0.2) is 0 Å². The first-order valence-electron chi connectivity index (χ1n) is 4.76. The van der Waals surface area contributed by atoms with Gasteiger partial charge in [-0.2, -0.15) is 0 Å². The van der Waals surface area contributed by atoms with E-state index in [1.54, 1.807) is 13.0 Å². The fourth-order valence-electron chi connectivity index (χ4n) is 1.30. The molecule has 82 valence electrons. The van der Waals surface area contributed by atoms with Crippen LogP contribution in [0.4, 0.5) is 4.39 Å². The molecule has 0 aliphatic heterocycles. The zero-order valence-electron chi connectivity index (χ0n) is 8.47. The molecular weight excluding hydrogens is 217 g/mol. The van der Waals surface area contributed by atoms with E-state index in [1.807, 2.05) is 0 Å². The molecule has 2 N–H and O–H groups in total. The zero-order chi connectivity index (χ0) is 11.4. The summed E-state index contributed by atoms with van der Waals surface area (Å²) in [6.07, 6.45) is 0.748. The van der Waals surface area contributed by atoms with Gasteiger partial charge in [-0.25, -0.2) is 4.39 Å². The molecule has 0 amide bonds. The van der Waals surface area contributed by atoms with E-state index in [9.17, 15) is 9.18 Å². The van der Waals surface area contributed by atoms with Gasteiger partial charge in [0.05, 0.1) is 11.1 Å². The minimum atomic E-state index is -0.560. The van der Waals surface area contributed by atoms with Crippen LogP contribution in [0.25, 0.3) is 0 Å². The number of hydrogen-bond donors (Lipinski definition) is 1. The summed E-state index contributed by atoms with van der Waals surface area (Å²) < 4.78 is 13.1. The number of benzene rings is 1. The second-order valence-corrected chi connectivity index (χ2v) is 3.79. The van der Waals surface area contributed by atoms with Crippen LogP contribution in [-0.4, -0.2) is 11.8 Å². The van der Waals surface area contributed by atoms with E-state index in [1.165, 1.54) is 12.1 Å². The van der Waals surface area contributed by atoms with Gasteiger partial charge in [0.25, 0.3) is 0 Å². The average molecular weight is 230 g/mol. The standard InChI is InChI=1S/C11H13ClFNO/c1-2-11(15)10(14)6-7-3-4-8(12)9(13)5-7/h3-5,10H,2,6,14H2,1H3/t10-/m1/s1. The highest BCUT2D eigenvalue weighted by atomic mass is 35.5. The SMILES string of the molecule is CCC(=O)[C@H](N)Cc1ccc(Cl)c(F)c1. The van der Waals surface area contributed by atoms with Gasteiger partial charge in [-0.3, -0.25) is 4.79 Å². The van der Waals surface area contributed by atoms with Gasteiger partial charge < -0.3 is 5.73 Å². The number of rotatable bonds is 4. The largest absolute Gasteiger partial charge is 0.321 e. The minimum Gasteiger partial charge on any atom is -0.321 e. The Kier molecular flexibility index (Phi) is 4.24. The molecular formula is C11H13ClFNO. The quantitative estimate of drug-likeness (QED) is 0.861. The Hall–Kier alpha value is -0.930. The van der Waals surface area contributed by atoms with Gasteiger partial charge >= 0.3 is 0 Å². The molecule has 0 aliphatic rings. The Morgan fingerprint density at radius 2 is 2.27 bits per heavy atom. The summed E-state index contributed by atoms with van der Waals surface area (Å²) in [6, 6.07) is 3.89. The Labute approximate surface area is 93.2 Å². The molecule has 4 heteroatoms. The number of ketones is 1. The van der Waals surface area contributed by atoms with Crippen molar-refractivity contribution in [3.63, 3.8) is 0 Å². The molecule has 0 spiro atoms. The number of nitrogens with two attached hydrogens (primary N) is 1. The zero-order valence-corrected chi connectivity index (χ0v) is 9.22. The molecule has 0 fully saturated rings. The summed E-state index contributed by atoms with van der Waals surface area (Å²) in [5.41, 5.74) is 6.33. The lowest BCUT2D eigenvalue weighted by Crippen LogP contribution is -2.32. The highest BCUT2D eigenvalue weighted by Gasteiger charge is 2.12. The minimum absolute atomic E-state index is 0.0228. The molecule has 0 saturated carbocycles. The first-order chi connectivity index (χ1) is 7.04. The van der Waals surface area contributed by atoms with Crippen LogP contribution in [0.2, 0.25) is 5.02 Å². The summed E-state index contributed by atoms with van der Waals surface area (Å²) in [6.45, 7) is 1.75. The van der Waals surface area contributed by atoms with Gasteiger partial charge in [0.2, 0.25) is 0 Å². The molecule has 1 aromatic rings. The predicted molar refractivity (Wildman–Crippen MR) is 58.4 cm³/mol. The molecule has 15 heavy (non-hydrogen) atoms. The van der Waals surface area contributed by atoms with Gasteiger partial charge in [-0.05, 0) is 24.1 Å². The highest BCUT2D eigenvalue weighted by Crippen LogP contribution is 2.16. The van der Waals surface area contributed by atoms with Gasteiger partial charge in [0.1, 0.15) is 11.6 Å². The number of carbonyl (C=O) groups is 1. The van der Waals surface area contributed by atoms with E-state index in [0.717, 1.165) is 0 Å². The third kappa shape index (κ3) is 3.29. The Morgan fingerprint density at radius 3 is 2.80 bits per heavy atom. The van der Waals surface area contributed by atoms with E-state index in [0.29, 0.717) is 18.4 Å². The van der Waals surface area contributed by atoms with Crippen molar-refractivity contribution >= 4 is 17.4 Å². The highest BCUT2D eigenvalue weighted by molar-refractivity contribution is 6.30. The molecule has 0 heterocycles. The second kappa shape index (κ2) is 5.24. The summed E-state index contributed by atoms with van der Waals surface area (Å²) in [5.74, 6) is -0.504. The summed E-state index contributed by atoms with van der Waals surface area (Å²) in [7, 11) is 0. The molecule has 0 saturated heterocycles. The number of Topliss-reactive ketones (excluding diaryl/α,β-unsaturated/α-hetero) is 1. The monoisotopic (exact) mass is 229 g/mol. The molecule has 1 rings (SSSR count). The summed E-state index contributed by atoms with van der Waals surface area (Å²) in [5, 5.41) is 0.0779. The lowest BCUT2D eigenvalue weighted by molar-refractivity contribution is -0.119. The number of halogens is 2. The molecule has 1 aromatic carbocycles. The predicted octanol–water partition coefficient (Wildman–Crippen LogP) is 2.33.